The van der Waals surface area contributed by atoms with Crippen molar-refractivity contribution in [2.75, 3.05) is 26.3 Å². The largest absolute Gasteiger partial charge is 0.486 e. The second kappa shape index (κ2) is 7.36. The summed E-state index contributed by atoms with van der Waals surface area (Å²) >= 11 is 0. The highest BCUT2D eigenvalue weighted by atomic mass is 19.3. The summed E-state index contributed by atoms with van der Waals surface area (Å²) in [6, 6.07) is 4.94. The first-order valence-electron chi connectivity index (χ1n) is 8.93. The summed E-state index contributed by atoms with van der Waals surface area (Å²) in [5.74, 6) is 0.363. The van der Waals surface area contributed by atoms with Crippen molar-refractivity contribution in [2.45, 2.75) is 44.0 Å². The summed E-state index contributed by atoms with van der Waals surface area (Å²) < 4.78 is 41.5. The average Bonchev–Trinajstić information content (AvgIpc) is 3.27. The molecule has 6 nitrogen and oxygen atoms in total. The Morgan fingerprint density at radius 2 is 2.08 bits per heavy atom. The van der Waals surface area contributed by atoms with Crippen molar-refractivity contribution in [3.8, 4) is 11.5 Å². The predicted octanol–water partition coefficient (Wildman–Crippen LogP) is 2.70. The Kier molecular flexibility index (Phi) is 4.95. The molecule has 0 radical (unpaired) electrons. The number of alkyl halides is 2. The Labute approximate surface area is 150 Å². The number of nitrogens with zero attached hydrogens (tertiary/aromatic N) is 1. The molecule has 1 N–H and O–H groups in total. The van der Waals surface area contributed by atoms with Crippen LogP contribution in [0, 0.1) is 0 Å². The summed E-state index contributed by atoms with van der Waals surface area (Å²) in [6.07, 6.45) is 3.05. The first kappa shape index (κ1) is 17.5. The lowest BCUT2D eigenvalue weighted by Crippen LogP contribution is -2.34. The number of piperidine rings is 1. The fourth-order valence-corrected chi connectivity index (χ4v) is 3.54. The van der Waals surface area contributed by atoms with Gasteiger partial charge in [0.1, 0.15) is 6.10 Å². The monoisotopic (exact) mass is 368 g/mol. The van der Waals surface area contributed by atoms with Crippen molar-refractivity contribution in [1.82, 2.24) is 5.32 Å². The highest BCUT2D eigenvalue weighted by Gasteiger charge is 2.43. The molecule has 1 aromatic rings. The van der Waals surface area contributed by atoms with Gasteiger partial charge >= 0.3 is 6.61 Å². The molecule has 4 rings (SSSR count). The van der Waals surface area contributed by atoms with E-state index in [0.717, 1.165) is 43.6 Å². The maximum absolute atomic E-state index is 12.7. The molecule has 8 heteroatoms. The summed E-state index contributed by atoms with van der Waals surface area (Å²) in [6.45, 7) is -0.0297. The molecule has 26 heavy (non-hydrogen) atoms. The van der Waals surface area contributed by atoms with Crippen LogP contribution in [0.5, 0.6) is 11.5 Å². The van der Waals surface area contributed by atoms with Crippen LogP contribution >= 0.6 is 0 Å². The van der Waals surface area contributed by atoms with E-state index in [4.69, 9.17) is 14.3 Å². The molecule has 1 spiro atoms. The van der Waals surface area contributed by atoms with Crippen LogP contribution in [0.1, 0.15) is 31.2 Å². The van der Waals surface area contributed by atoms with E-state index in [0.29, 0.717) is 25.4 Å². The van der Waals surface area contributed by atoms with Crippen LogP contribution in [0.25, 0.3) is 0 Å². The van der Waals surface area contributed by atoms with E-state index in [2.05, 4.69) is 15.2 Å². The zero-order valence-corrected chi connectivity index (χ0v) is 14.4. The first-order valence-corrected chi connectivity index (χ1v) is 8.93. The second-order valence-electron chi connectivity index (χ2n) is 6.90. The van der Waals surface area contributed by atoms with Crippen LogP contribution < -0.4 is 14.8 Å². The lowest BCUT2D eigenvalue weighted by Gasteiger charge is -2.25. The van der Waals surface area contributed by atoms with Gasteiger partial charge in [0.25, 0.3) is 0 Å². The molecule has 142 valence electrons. The van der Waals surface area contributed by atoms with Crippen molar-refractivity contribution >= 4 is 5.71 Å². The maximum atomic E-state index is 12.7. The molecule has 3 heterocycles. The quantitative estimate of drug-likeness (QED) is 0.866. The molecule has 0 aliphatic carbocycles. The van der Waals surface area contributed by atoms with Crippen LogP contribution in [0.2, 0.25) is 0 Å². The lowest BCUT2D eigenvalue weighted by atomic mass is 9.93. The van der Waals surface area contributed by atoms with Gasteiger partial charge in [-0.2, -0.15) is 8.78 Å². The summed E-state index contributed by atoms with van der Waals surface area (Å²) in [5.41, 5.74) is 1.18. The highest BCUT2D eigenvalue weighted by molar-refractivity contribution is 6.02. The van der Waals surface area contributed by atoms with Gasteiger partial charge in [0.05, 0.1) is 18.9 Å². The molecule has 2 fully saturated rings. The fraction of sp³-hybridized carbons (Fsp3) is 0.611. The molecule has 3 aliphatic rings. The van der Waals surface area contributed by atoms with Gasteiger partial charge in [-0.3, -0.25) is 0 Å². The van der Waals surface area contributed by atoms with Crippen molar-refractivity contribution in [3.05, 3.63) is 23.8 Å². The zero-order valence-electron chi connectivity index (χ0n) is 14.4. The summed E-state index contributed by atoms with van der Waals surface area (Å²) in [5, 5.41) is 7.45. The Balaban J connectivity index is 1.55. The Morgan fingerprint density at radius 1 is 1.23 bits per heavy atom. The van der Waals surface area contributed by atoms with Gasteiger partial charge in [0, 0.05) is 18.4 Å². The average molecular weight is 368 g/mol. The summed E-state index contributed by atoms with van der Waals surface area (Å²) in [4.78, 5) is 5.62. The number of hydrogen-bond acceptors (Lipinski definition) is 6. The van der Waals surface area contributed by atoms with E-state index < -0.39 is 6.61 Å². The van der Waals surface area contributed by atoms with Gasteiger partial charge in [-0.15, -0.1) is 0 Å². The molecular weight excluding hydrogens is 346 g/mol. The van der Waals surface area contributed by atoms with E-state index in [1.165, 1.54) is 6.07 Å². The topological polar surface area (TPSA) is 61.3 Å². The molecule has 2 saturated heterocycles. The number of rotatable bonds is 5. The van der Waals surface area contributed by atoms with Crippen molar-refractivity contribution in [2.24, 2.45) is 5.16 Å². The van der Waals surface area contributed by atoms with Gasteiger partial charge in [-0.25, -0.2) is 0 Å². The van der Waals surface area contributed by atoms with E-state index in [9.17, 15) is 8.78 Å². The third-order valence-corrected chi connectivity index (χ3v) is 4.98. The zero-order chi connectivity index (χ0) is 18.0. The van der Waals surface area contributed by atoms with Gasteiger partial charge in [0.2, 0.25) is 0 Å². The van der Waals surface area contributed by atoms with Gasteiger partial charge in [0.15, 0.2) is 17.1 Å². The molecule has 1 aromatic carbocycles. The van der Waals surface area contributed by atoms with Crippen LogP contribution in [0.3, 0.4) is 0 Å². The molecular formula is C18H22F2N2O4. The van der Waals surface area contributed by atoms with Crippen molar-refractivity contribution < 1.29 is 27.8 Å². The SMILES string of the molecule is FC(F)Oc1ccc(C2=NOC3(CCOC3)C2)cc1OC1CCNCC1. The van der Waals surface area contributed by atoms with E-state index in [1.807, 2.05) is 0 Å². The lowest BCUT2D eigenvalue weighted by molar-refractivity contribution is -0.0522. The highest BCUT2D eigenvalue weighted by Crippen LogP contribution is 2.37. The predicted molar refractivity (Wildman–Crippen MR) is 90.0 cm³/mol. The van der Waals surface area contributed by atoms with Crippen molar-refractivity contribution in [3.63, 3.8) is 0 Å². The smallest absolute Gasteiger partial charge is 0.387 e. The number of oxime groups is 1. The van der Waals surface area contributed by atoms with Crippen LogP contribution in [-0.2, 0) is 9.57 Å². The van der Waals surface area contributed by atoms with Crippen LogP contribution in [0.15, 0.2) is 23.4 Å². The molecule has 1 atom stereocenters. The van der Waals surface area contributed by atoms with E-state index >= 15 is 0 Å². The molecule has 0 amide bonds. The summed E-state index contributed by atoms with van der Waals surface area (Å²) in [7, 11) is 0. The van der Waals surface area contributed by atoms with Crippen LogP contribution in [0.4, 0.5) is 8.78 Å². The molecule has 1 unspecified atom stereocenters. The van der Waals surface area contributed by atoms with Crippen molar-refractivity contribution in [1.29, 1.82) is 0 Å². The Hall–Kier alpha value is -1.93. The Bertz CT molecular complexity index is 671. The normalized spacial score (nSPS) is 26.2. The number of halogens is 2. The molecule has 0 bridgehead atoms. The minimum atomic E-state index is -2.90. The molecule has 0 aromatic heterocycles. The molecule has 0 saturated carbocycles. The van der Waals surface area contributed by atoms with Gasteiger partial charge < -0.3 is 24.4 Å². The number of nitrogens with one attached hydrogen (secondary N) is 1. The Morgan fingerprint density at radius 3 is 2.81 bits per heavy atom. The second-order valence-corrected chi connectivity index (χ2v) is 6.90. The minimum absolute atomic E-state index is 0.0251. The minimum Gasteiger partial charge on any atom is -0.486 e. The first-order chi connectivity index (χ1) is 12.6. The van der Waals surface area contributed by atoms with E-state index in [1.54, 1.807) is 12.1 Å². The van der Waals surface area contributed by atoms with Crippen LogP contribution in [-0.4, -0.2) is 50.3 Å². The fourth-order valence-electron chi connectivity index (χ4n) is 3.54. The van der Waals surface area contributed by atoms with Gasteiger partial charge in [-0.1, -0.05) is 5.16 Å². The standard InChI is InChI=1S/C18H22F2N2O4/c19-17(20)25-15-2-1-12(9-16(15)24-13-3-6-21-7-4-13)14-10-18(26-22-14)5-8-23-11-18/h1-2,9,13,17,21H,3-8,10-11H2. The van der Waals surface area contributed by atoms with Gasteiger partial charge in [-0.05, 0) is 44.1 Å². The number of benzene rings is 1. The number of ether oxygens (including phenoxy) is 3. The maximum Gasteiger partial charge on any atom is 0.387 e. The molecule has 3 aliphatic heterocycles. The number of hydrogen-bond donors (Lipinski definition) is 1. The third-order valence-electron chi connectivity index (χ3n) is 4.98. The third kappa shape index (κ3) is 3.76. The van der Waals surface area contributed by atoms with E-state index in [-0.39, 0.29) is 17.5 Å².